The summed E-state index contributed by atoms with van der Waals surface area (Å²) in [6.45, 7) is 0.688. The van der Waals surface area contributed by atoms with Crippen molar-refractivity contribution in [1.82, 2.24) is 0 Å². The van der Waals surface area contributed by atoms with Crippen LogP contribution in [0.15, 0.2) is 48.5 Å². The van der Waals surface area contributed by atoms with Crippen LogP contribution in [0.1, 0.15) is 5.56 Å². The summed E-state index contributed by atoms with van der Waals surface area (Å²) in [4.78, 5) is 12.3. The van der Waals surface area contributed by atoms with E-state index in [1.54, 1.807) is 0 Å². The number of para-hydroxylation sites is 1. The first-order valence-electron chi connectivity index (χ1n) is 6.60. The Bertz CT molecular complexity index is 625. The molecule has 0 saturated carbocycles. The number of benzene rings is 2. The Balaban J connectivity index is 1.68. The normalized spacial score (nSPS) is 16.9. The SMILES string of the molecule is O=C(Nc1ccc(I)cc1)C1CNc2ccccc2C1. The van der Waals surface area contributed by atoms with Crippen LogP contribution in [0.5, 0.6) is 0 Å². The van der Waals surface area contributed by atoms with Crippen LogP contribution in [0.2, 0.25) is 0 Å². The van der Waals surface area contributed by atoms with Crippen molar-refractivity contribution in [2.75, 3.05) is 17.2 Å². The van der Waals surface area contributed by atoms with Crippen molar-refractivity contribution in [3.8, 4) is 0 Å². The summed E-state index contributed by atoms with van der Waals surface area (Å²) in [5.41, 5.74) is 3.21. The minimum atomic E-state index is -0.0239. The molecular weight excluding hydrogens is 363 g/mol. The average Bonchev–Trinajstić information content (AvgIpc) is 2.49. The summed E-state index contributed by atoms with van der Waals surface area (Å²) in [6, 6.07) is 16.0. The third-order valence-electron chi connectivity index (χ3n) is 3.51. The lowest BCUT2D eigenvalue weighted by Gasteiger charge is -2.25. The van der Waals surface area contributed by atoms with Gasteiger partial charge in [0.25, 0.3) is 0 Å². The van der Waals surface area contributed by atoms with E-state index in [9.17, 15) is 4.79 Å². The molecule has 102 valence electrons. The summed E-state index contributed by atoms with van der Waals surface area (Å²) < 4.78 is 1.16. The Morgan fingerprint density at radius 1 is 1.15 bits per heavy atom. The van der Waals surface area contributed by atoms with Gasteiger partial charge in [0, 0.05) is 21.5 Å². The number of rotatable bonds is 2. The third-order valence-corrected chi connectivity index (χ3v) is 4.22. The van der Waals surface area contributed by atoms with Crippen LogP contribution < -0.4 is 10.6 Å². The predicted molar refractivity (Wildman–Crippen MR) is 89.9 cm³/mol. The van der Waals surface area contributed by atoms with Crippen LogP contribution in [-0.2, 0) is 11.2 Å². The van der Waals surface area contributed by atoms with Gasteiger partial charge in [0.15, 0.2) is 0 Å². The van der Waals surface area contributed by atoms with Gasteiger partial charge < -0.3 is 10.6 Å². The molecule has 1 aliphatic heterocycles. The summed E-state index contributed by atoms with van der Waals surface area (Å²) >= 11 is 2.25. The van der Waals surface area contributed by atoms with E-state index in [-0.39, 0.29) is 11.8 Å². The number of carbonyl (C=O) groups is 1. The van der Waals surface area contributed by atoms with Gasteiger partial charge in [-0.15, -0.1) is 0 Å². The number of hydrogen-bond donors (Lipinski definition) is 2. The Hall–Kier alpha value is -1.56. The number of anilines is 2. The molecule has 1 unspecified atom stereocenters. The highest BCUT2D eigenvalue weighted by atomic mass is 127. The lowest BCUT2D eigenvalue weighted by atomic mass is 9.93. The van der Waals surface area contributed by atoms with Crippen LogP contribution >= 0.6 is 22.6 Å². The molecule has 2 aromatic carbocycles. The standard InChI is InChI=1S/C16H15IN2O/c17-13-5-7-14(8-6-13)19-16(20)12-9-11-3-1-2-4-15(11)18-10-12/h1-8,12,18H,9-10H2,(H,19,20). The number of halogens is 1. The average molecular weight is 378 g/mol. The van der Waals surface area contributed by atoms with E-state index in [1.165, 1.54) is 5.56 Å². The second-order valence-corrected chi connectivity index (χ2v) is 6.18. The summed E-state index contributed by atoms with van der Waals surface area (Å²) in [5, 5.41) is 6.31. The van der Waals surface area contributed by atoms with Crippen LogP contribution in [0.4, 0.5) is 11.4 Å². The monoisotopic (exact) mass is 378 g/mol. The van der Waals surface area contributed by atoms with E-state index in [0.717, 1.165) is 21.4 Å². The molecule has 1 aliphatic rings. The van der Waals surface area contributed by atoms with Gasteiger partial charge in [-0.25, -0.2) is 0 Å². The zero-order valence-corrected chi connectivity index (χ0v) is 13.1. The van der Waals surface area contributed by atoms with Crippen molar-refractivity contribution in [2.24, 2.45) is 5.92 Å². The fourth-order valence-corrected chi connectivity index (χ4v) is 2.76. The first-order valence-corrected chi connectivity index (χ1v) is 7.68. The summed E-state index contributed by atoms with van der Waals surface area (Å²) in [6.07, 6.45) is 0.791. The van der Waals surface area contributed by atoms with E-state index >= 15 is 0 Å². The maximum atomic E-state index is 12.3. The third kappa shape index (κ3) is 2.95. The molecular formula is C16H15IN2O. The molecule has 2 aromatic rings. The second-order valence-electron chi connectivity index (χ2n) is 4.94. The Labute approximate surface area is 131 Å². The number of hydrogen-bond acceptors (Lipinski definition) is 2. The van der Waals surface area contributed by atoms with E-state index in [1.807, 2.05) is 36.4 Å². The molecule has 1 atom stereocenters. The minimum Gasteiger partial charge on any atom is -0.384 e. The molecule has 0 radical (unpaired) electrons. The molecule has 2 N–H and O–H groups in total. The van der Waals surface area contributed by atoms with Gasteiger partial charge in [0.05, 0.1) is 5.92 Å². The Morgan fingerprint density at radius 3 is 2.70 bits per heavy atom. The molecule has 1 heterocycles. The molecule has 0 aliphatic carbocycles. The van der Waals surface area contributed by atoms with Gasteiger partial charge in [-0.2, -0.15) is 0 Å². The zero-order chi connectivity index (χ0) is 13.9. The van der Waals surface area contributed by atoms with Gasteiger partial charge in [-0.05, 0) is 64.9 Å². The molecule has 3 nitrogen and oxygen atoms in total. The van der Waals surface area contributed by atoms with Gasteiger partial charge in [0.2, 0.25) is 5.91 Å². The van der Waals surface area contributed by atoms with Gasteiger partial charge in [-0.1, -0.05) is 18.2 Å². The molecule has 0 aromatic heterocycles. The van der Waals surface area contributed by atoms with Crippen LogP contribution in [0, 0.1) is 9.49 Å². The fraction of sp³-hybridized carbons (Fsp3) is 0.188. The smallest absolute Gasteiger partial charge is 0.229 e. The molecule has 0 spiro atoms. The molecule has 20 heavy (non-hydrogen) atoms. The number of nitrogens with one attached hydrogen (secondary N) is 2. The van der Waals surface area contributed by atoms with Crippen molar-refractivity contribution in [3.63, 3.8) is 0 Å². The zero-order valence-electron chi connectivity index (χ0n) is 10.9. The molecule has 0 saturated heterocycles. The molecule has 0 fully saturated rings. The number of carbonyl (C=O) groups excluding carboxylic acids is 1. The first kappa shape index (κ1) is 13.4. The van der Waals surface area contributed by atoms with E-state index in [4.69, 9.17) is 0 Å². The predicted octanol–water partition coefficient (Wildman–Crippen LogP) is 3.51. The van der Waals surface area contributed by atoms with Gasteiger partial charge in [-0.3, -0.25) is 4.79 Å². The highest BCUT2D eigenvalue weighted by Gasteiger charge is 2.24. The molecule has 1 amide bonds. The minimum absolute atomic E-state index is 0.0239. The Kier molecular flexibility index (Phi) is 3.91. The Morgan fingerprint density at radius 2 is 1.90 bits per heavy atom. The largest absolute Gasteiger partial charge is 0.384 e. The second kappa shape index (κ2) is 5.83. The first-order chi connectivity index (χ1) is 9.72. The van der Waals surface area contributed by atoms with Crippen molar-refractivity contribution in [3.05, 3.63) is 57.7 Å². The van der Waals surface area contributed by atoms with Gasteiger partial charge >= 0.3 is 0 Å². The maximum Gasteiger partial charge on any atom is 0.229 e. The van der Waals surface area contributed by atoms with Crippen molar-refractivity contribution < 1.29 is 4.79 Å². The number of amides is 1. The lowest BCUT2D eigenvalue weighted by molar-refractivity contribution is -0.119. The number of fused-ring (bicyclic) bond motifs is 1. The molecule has 3 rings (SSSR count). The quantitative estimate of drug-likeness (QED) is 0.786. The molecule has 4 heteroatoms. The van der Waals surface area contributed by atoms with Gasteiger partial charge in [0.1, 0.15) is 0 Å². The summed E-state index contributed by atoms with van der Waals surface area (Å²) in [5.74, 6) is 0.0531. The van der Waals surface area contributed by atoms with Crippen molar-refractivity contribution in [2.45, 2.75) is 6.42 Å². The van der Waals surface area contributed by atoms with E-state index in [2.05, 4.69) is 45.4 Å². The van der Waals surface area contributed by atoms with Crippen molar-refractivity contribution >= 4 is 39.9 Å². The van der Waals surface area contributed by atoms with Crippen LogP contribution in [0.3, 0.4) is 0 Å². The highest BCUT2D eigenvalue weighted by molar-refractivity contribution is 14.1. The van der Waals surface area contributed by atoms with Crippen LogP contribution in [-0.4, -0.2) is 12.5 Å². The van der Waals surface area contributed by atoms with E-state index in [0.29, 0.717) is 6.54 Å². The van der Waals surface area contributed by atoms with Crippen LogP contribution in [0.25, 0.3) is 0 Å². The maximum absolute atomic E-state index is 12.3. The summed E-state index contributed by atoms with van der Waals surface area (Å²) in [7, 11) is 0. The fourth-order valence-electron chi connectivity index (χ4n) is 2.40. The topological polar surface area (TPSA) is 41.1 Å². The van der Waals surface area contributed by atoms with E-state index < -0.39 is 0 Å². The van der Waals surface area contributed by atoms with Crippen molar-refractivity contribution in [1.29, 1.82) is 0 Å². The lowest BCUT2D eigenvalue weighted by Crippen LogP contribution is -2.33. The highest BCUT2D eigenvalue weighted by Crippen LogP contribution is 2.25. The molecule has 0 bridgehead atoms.